The van der Waals surface area contributed by atoms with E-state index in [-0.39, 0.29) is 16.2 Å². The number of sulfonamides is 1. The van der Waals surface area contributed by atoms with Gasteiger partial charge in [0.1, 0.15) is 5.58 Å². The molecule has 0 unspecified atom stereocenters. The third kappa shape index (κ3) is 4.38. The lowest BCUT2D eigenvalue weighted by atomic mass is 10.2. The van der Waals surface area contributed by atoms with E-state index in [4.69, 9.17) is 9.15 Å². The number of benzene rings is 2. The number of para-hydroxylation sites is 1. The Kier molecular flexibility index (Phi) is 6.14. The van der Waals surface area contributed by atoms with Crippen LogP contribution in [-0.2, 0) is 14.8 Å². The van der Waals surface area contributed by atoms with Crippen molar-refractivity contribution in [3.63, 3.8) is 0 Å². The number of ketones is 1. The molecule has 29 heavy (non-hydrogen) atoms. The maximum absolute atomic E-state index is 12.5. The second kappa shape index (κ2) is 8.59. The van der Waals surface area contributed by atoms with Gasteiger partial charge in [-0.15, -0.1) is 0 Å². The first-order valence-electron chi connectivity index (χ1n) is 9.16. The van der Waals surface area contributed by atoms with E-state index in [9.17, 15) is 18.0 Å². The number of rotatable bonds is 8. The van der Waals surface area contributed by atoms with E-state index in [1.807, 2.05) is 12.1 Å². The van der Waals surface area contributed by atoms with Crippen LogP contribution in [0.5, 0.6) is 0 Å². The molecule has 0 aliphatic carbocycles. The number of hydrogen-bond acceptors (Lipinski definition) is 6. The maximum Gasteiger partial charge on any atom is 0.338 e. The van der Waals surface area contributed by atoms with Crippen LogP contribution in [0.25, 0.3) is 11.0 Å². The second-order valence-electron chi connectivity index (χ2n) is 6.26. The summed E-state index contributed by atoms with van der Waals surface area (Å²) in [6.07, 6.45) is 0. The number of hydrogen-bond donors (Lipinski definition) is 0. The Morgan fingerprint density at radius 1 is 1.00 bits per heavy atom. The van der Waals surface area contributed by atoms with Crippen LogP contribution in [0.4, 0.5) is 0 Å². The van der Waals surface area contributed by atoms with Crippen LogP contribution in [0.1, 0.15) is 34.8 Å². The zero-order valence-electron chi connectivity index (χ0n) is 16.1. The summed E-state index contributed by atoms with van der Waals surface area (Å²) in [5.41, 5.74) is 0.730. The first-order chi connectivity index (χ1) is 13.9. The van der Waals surface area contributed by atoms with Gasteiger partial charge in [-0.2, -0.15) is 4.31 Å². The van der Waals surface area contributed by atoms with Crippen molar-refractivity contribution in [2.24, 2.45) is 0 Å². The largest absolute Gasteiger partial charge is 0.454 e. The molecule has 0 atom stereocenters. The number of Topliss-reactive ketones (excluding diaryl/α,β-unsaturated/α-hetero) is 1. The average molecular weight is 415 g/mol. The van der Waals surface area contributed by atoms with E-state index in [2.05, 4.69) is 0 Å². The summed E-state index contributed by atoms with van der Waals surface area (Å²) >= 11 is 0. The zero-order chi connectivity index (χ0) is 21.0. The van der Waals surface area contributed by atoms with Crippen molar-refractivity contribution in [1.29, 1.82) is 0 Å². The molecule has 1 heterocycles. The van der Waals surface area contributed by atoms with Crippen LogP contribution < -0.4 is 0 Å². The van der Waals surface area contributed by atoms with Crippen molar-refractivity contribution in [1.82, 2.24) is 4.31 Å². The van der Waals surface area contributed by atoms with Gasteiger partial charge in [0.2, 0.25) is 15.8 Å². The van der Waals surface area contributed by atoms with E-state index >= 15 is 0 Å². The minimum atomic E-state index is -3.60. The summed E-state index contributed by atoms with van der Waals surface area (Å²) in [6.45, 7) is 3.74. The Labute approximate surface area is 168 Å². The summed E-state index contributed by atoms with van der Waals surface area (Å²) in [4.78, 5) is 24.5. The van der Waals surface area contributed by atoms with Crippen LogP contribution in [0, 0.1) is 0 Å². The smallest absolute Gasteiger partial charge is 0.338 e. The second-order valence-corrected chi connectivity index (χ2v) is 8.20. The van der Waals surface area contributed by atoms with Gasteiger partial charge in [0.15, 0.2) is 12.4 Å². The lowest BCUT2D eigenvalue weighted by Crippen LogP contribution is -2.30. The third-order valence-electron chi connectivity index (χ3n) is 4.47. The average Bonchev–Trinajstić information content (AvgIpc) is 3.17. The SMILES string of the molecule is CCN(CC)S(=O)(=O)c1ccc(C(=O)OCC(=O)c2cc3ccccc3o2)cc1. The van der Waals surface area contributed by atoms with E-state index in [1.54, 1.807) is 32.0 Å². The fourth-order valence-corrected chi connectivity index (χ4v) is 4.34. The van der Waals surface area contributed by atoms with Crippen LogP contribution in [-0.4, -0.2) is 44.2 Å². The molecule has 152 valence electrons. The molecule has 0 amide bonds. The van der Waals surface area contributed by atoms with Gasteiger partial charge in [-0.05, 0) is 36.4 Å². The van der Waals surface area contributed by atoms with Crippen molar-refractivity contribution >= 4 is 32.7 Å². The molecule has 0 saturated heterocycles. The Hall–Kier alpha value is -2.97. The molecule has 0 aliphatic heterocycles. The van der Waals surface area contributed by atoms with E-state index in [1.165, 1.54) is 28.6 Å². The number of esters is 1. The molecule has 8 heteroatoms. The van der Waals surface area contributed by atoms with Gasteiger partial charge < -0.3 is 9.15 Å². The van der Waals surface area contributed by atoms with E-state index in [0.29, 0.717) is 18.7 Å². The number of fused-ring (bicyclic) bond motifs is 1. The number of carbonyl (C=O) groups excluding carboxylic acids is 2. The molecule has 2 aromatic carbocycles. The van der Waals surface area contributed by atoms with Crippen molar-refractivity contribution < 1.29 is 27.2 Å². The number of nitrogens with zero attached hydrogens (tertiary/aromatic N) is 1. The Morgan fingerprint density at radius 3 is 2.28 bits per heavy atom. The molecule has 0 spiro atoms. The minimum Gasteiger partial charge on any atom is -0.454 e. The monoisotopic (exact) mass is 415 g/mol. The highest BCUT2D eigenvalue weighted by atomic mass is 32.2. The van der Waals surface area contributed by atoms with Gasteiger partial charge in [0, 0.05) is 18.5 Å². The quantitative estimate of drug-likeness (QED) is 0.413. The van der Waals surface area contributed by atoms with Gasteiger partial charge in [-0.25, -0.2) is 13.2 Å². The summed E-state index contributed by atoms with van der Waals surface area (Å²) in [5, 5.41) is 0.784. The molecule has 0 saturated carbocycles. The molecular formula is C21H21NO6S. The molecule has 1 aromatic heterocycles. The van der Waals surface area contributed by atoms with Gasteiger partial charge in [0.05, 0.1) is 10.5 Å². The lowest BCUT2D eigenvalue weighted by Gasteiger charge is -2.18. The topological polar surface area (TPSA) is 93.9 Å². The zero-order valence-corrected chi connectivity index (χ0v) is 16.9. The molecule has 0 N–H and O–H groups in total. The molecule has 0 aliphatic rings. The van der Waals surface area contributed by atoms with Gasteiger partial charge in [-0.3, -0.25) is 4.79 Å². The number of furan rings is 1. The molecule has 0 fully saturated rings. The first kappa shape index (κ1) is 20.8. The third-order valence-corrected chi connectivity index (χ3v) is 6.53. The highest BCUT2D eigenvalue weighted by Crippen LogP contribution is 2.20. The van der Waals surface area contributed by atoms with Crippen molar-refractivity contribution in [2.75, 3.05) is 19.7 Å². The predicted molar refractivity (Wildman–Crippen MR) is 107 cm³/mol. The normalized spacial score (nSPS) is 11.7. The number of ether oxygens (including phenoxy) is 1. The molecule has 0 radical (unpaired) electrons. The van der Waals surface area contributed by atoms with Gasteiger partial charge >= 0.3 is 5.97 Å². The van der Waals surface area contributed by atoms with Crippen LogP contribution in [0.2, 0.25) is 0 Å². The molecule has 7 nitrogen and oxygen atoms in total. The summed E-state index contributed by atoms with van der Waals surface area (Å²) in [6, 6.07) is 14.2. The van der Waals surface area contributed by atoms with Crippen molar-refractivity contribution in [2.45, 2.75) is 18.7 Å². The van der Waals surface area contributed by atoms with Crippen LogP contribution in [0.3, 0.4) is 0 Å². The summed E-state index contributed by atoms with van der Waals surface area (Å²) < 4.78 is 36.8. The predicted octanol–water partition coefficient (Wildman–Crippen LogP) is 3.50. The summed E-state index contributed by atoms with van der Waals surface area (Å²) in [5.74, 6) is -1.07. The van der Waals surface area contributed by atoms with E-state index < -0.39 is 28.4 Å². The van der Waals surface area contributed by atoms with Crippen molar-refractivity contribution in [3.05, 3.63) is 65.9 Å². The fourth-order valence-electron chi connectivity index (χ4n) is 2.88. The molecule has 3 aromatic rings. The Bertz CT molecular complexity index is 1090. The molecular weight excluding hydrogens is 394 g/mol. The maximum atomic E-state index is 12.5. The molecule has 0 bridgehead atoms. The minimum absolute atomic E-state index is 0.0936. The summed E-state index contributed by atoms with van der Waals surface area (Å²) in [7, 11) is -3.60. The Balaban J connectivity index is 1.65. The van der Waals surface area contributed by atoms with Gasteiger partial charge in [0.25, 0.3) is 0 Å². The lowest BCUT2D eigenvalue weighted by molar-refractivity contribution is 0.0468. The highest BCUT2D eigenvalue weighted by molar-refractivity contribution is 7.89. The Morgan fingerprint density at radius 2 is 1.66 bits per heavy atom. The van der Waals surface area contributed by atoms with Crippen LogP contribution in [0.15, 0.2) is 63.9 Å². The molecule has 3 rings (SSSR count). The van der Waals surface area contributed by atoms with Crippen molar-refractivity contribution in [3.8, 4) is 0 Å². The number of carbonyl (C=O) groups is 2. The standard InChI is InChI=1S/C21H21NO6S/c1-3-22(4-2)29(25,26)17-11-9-15(10-12-17)21(24)27-14-18(23)20-13-16-7-5-6-8-19(16)28-20/h5-13H,3-4,14H2,1-2H3. The highest BCUT2D eigenvalue weighted by Gasteiger charge is 2.22. The van der Waals surface area contributed by atoms with Crippen LogP contribution >= 0.6 is 0 Å². The van der Waals surface area contributed by atoms with E-state index in [0.717, 1.165) is 5.39 Å². The first-order valence-corrected chi connectivity index (χ1v) is 10.6. The van der Waals surface area contributed by atoms with Gasteiger partial charge in [-0.1, -0.05) is 32.0 Å². The fraction of sp³-hybridized carbons (Fsp3) is 0.238.